The lowest BCUT2D eigenvalue weighted by Crippen LogP contribution is -2.03. The minimum atomic E-state index is 0.320. The van der Waals surface area contributed by atoms with Crippen LogP contribution in [0.2, 0.25) is 0 Å². The summed E-state index contributed by atoms with van der Waals surface area (Å²) in [5.41, 5.74) is 7.36. The molecular formula is C16H14BrN3O. The second-order valence-electron chi connectivity index (χ2n) is 4.67. The van der Waals surface area contributed by atoms with Gasteiger partial charge in [-0.1, -0.05) is 30.3 Å². The fourth-order valence-electron chi connectivity index (χ4n) is 2.11. The predicted molar refractivity (Wildman–Crippen MR) is 86.4 cm³/mol. The van der Waals surface area contributed by atoms with Crippen LogP contribution in [0.15, 0.2) is 47.1 Å². The van der Waals surface area contributed by atoms with Gasteiger partial charge in [-0.3, -0.25) is 0 Å². The Hall–Kier alpha value is -1.98. The van der Waals surface area contributed by atoms with Crippen LogP contribution >= 0.6 is 15.9 Å². The SMILES string of the molecule is Cc1nc(Oc2ccc3ccccc3c2Br)ncc1CN. The molecule has 0 aliphatic heterocycles. The Balaban J connectivity index is 1.98. The van der Waals surface area contributed by atoms with Gasteiger partial charge in [-0.2, -0.15) is 4.98 Å². The zero-order valence-electron chi connectivity index (χ0n) is 11.5. The summed E-state index contributed by atoms with van der Waals surface area (Å²) >= 11 is 3.59. The van der Waals surface area contributed by atoms with E-state index >= 15 is 0 Å². The van der Waals surface area contributed by atoms with Gasteiger partial charge in [0.05, 0.1) is 4.47 Å². The zero-order chi connectivity index (χ0) is 14.8. The first-order chi connectivity index (χ1) is 10.2. The molecule has 0 fully saturated rings. The van der Waals surface area contributed by atoms with Crippen molar-refractivity contribution >= 4 is 26.7 Å². The molecule has 1 aromatic heterocycles. The fraction of sp³-hybridized carbons (Fsp3) is 0.125. The lowest BCUT2D eigenvalue weighted by molar-refractivity contribution is 0.437. The molecule has 0 atom stereocenters. The van der Waals surface area contributed by atoms with Crippen LogP contribution in [-0.4, -0.2) is 9.97 Å². The van der Waals surface area contributed by atoms with Crippen LogP contribution in [0.5, 0.6) is 11.8 Å². The molecule has 2 N–H and O–H groups in total. The number of halogens is 1. The Bertz CT molecular complexity index is 805. The van der Waals surface area contributed by atoms with Crippen LogP contribution in [0, 0.1) is 6.92 Å². The van der Waals surface area contributed by atoms with Gasteiger partial charge in [-0.15, -0.1) is 0 Å². The van der Waals surface area contributed by atoms with E-state index in [1.54, 1.807) is 6.20 Å². The number of ether oxygens (including phenoxy) is 1. The molecule has 106 valence electrons. The number of rotatable bonds is 3. The highest BCUT2D eigenvalue weighted by molar-refractivity contribution is 9.10. The van der Waals surface area contributed by atoms with E-state index < -0.39 is 0 Å². The molecule has 0 saturated carbocycles. The monoisotopic (exact) mass is 343 g/mol. The largest absolute Gasteiger partial charge is 0.423 e. The van der Waals surface area contributed by atoms with E-state index in [-0.39, 0.29) is 0 Å². The summed E-state index contributed by atoms with van der Waals surface area (Å²) in [6.07, 6.45) is 1.70. The van der Waals surface area contributed by atoms with Gasteiger partial charge in [0.15, 0.2) is 0 Å². The summed E-state index contributed by atoms with van der Waals surface area (Å²) in [6, 6.07) is 12.3. The highest BCUT2D eigenvalue weighted by Gasteiger charge is 2.09. The minimum absolute atomic E-state index is 0.320. The summed E-state index contributed by atoms with van der Waals surface area (Å²) in [6.45, 7) is 2.32. The van der Waals surface area contributed by atoms with Gasteiger partial charge in [-0.25, -0.2) is 4.98 Å². The van der Waals surface area contributed by atoms with E-state index in [9.17, 15) is 0 Å². The Labute approximate surface area is 131 Å². The molecule has 0 bridgehead atoms. The average Bonchev–Trinajstić information content (AvgIpc) is 2.51. The number of fused-ring (bicyclic) bond motifs is 1. The Morgan fingerprint density at radius 3 is 2.76 bits per heavy atom. The summed E-state index contributed by atoms with van der Waals surface area (Å²) < 4.78 is 6.68. The topological polar surface area (TPSA) is 61.0 Å². The van der Waals surface area contributed by atoms with Crippen molar-refractivity contribution in [1.29, 1.82) is 0 Å². The van der Waals surface area contributed by atoms with Crippen LogP contribution in [0.4, 0.5) is 0 Å². The van der Waals surface area contributed by atoms with Gasteiger partial charge >= 0.3 is 6.01 Å². The number of nitrogens with zero attached hydrogens (tertiary/aromatic N) is 2. The fourth-order valence-corrected chi connectivity index (χ4v) is 2.69. The molecule has 2 aromatic carbocycles. The van der Waals surface area contributed by atoms with Gasteiger partial charge in [0.2, 0.25) is 0 Å². The standard InChI is InChI=1S/C16H14BrN3O/c1-10-12(8-18)9-19-16(20-10)21-14-7-6-11-4-2-3-5-13(11)15(14)17/h2-7,9H,8,18H2,1H3. The zero-order valence-corrected chi connectivity index (χ0v) is 13.1. The first kappa shape index (κ1) is 14.0. The number of aromatic nitrogens is 2. The van der Waals surface area contributed by atoms with Gasteiger partial charge in [-0.05, 0) is 39.7 Å². The van der Waals surface area contributed by atoms with E-state index in [2.05, 4.69) is 32.0 Å². The number of hydrogen-bond acceptors (Lipinski definition) is 4. The third kappa shape index (κ3) is 2.75. The van der Waals surface area contributed by atoms with Crippen molar-refractivity contribution in [2.75, 3.05) is 0 Å². The quantitative estimate of drug-likeness (QED) is 0.781. The molecule has 21 heavy (non-hydrogen) atoms. The molecule has 3 rings (SSSR count). The Morgan fingerprint density at radius 2 is 2.00 bits per heavy atom. The van der Waals surface area contributed by atoms with Crippen LogP contribution in [0.25, 0.3) is 10.8 Å². The van der Waals surface area contributed by atoms with E-state index in [0.717, 1.165) is 26.5 Å². The van der Waals surface area contributed by atoms with Gasteiger partial charge in [0.1, 0.15) is 5.75 Å². The molecule has 0 aliphatic rings. The first-order valence-corrected chi connectivity index (χ1v) is 7.36. The van der Waals surface area contributed by atoms with E-state index in [1.807, 2.05) is 37.3 Å². The normalized spacial score (nSPS) is 10.8. The van der Waals surface area contributed by atoms with Crippen molar-refractivity contribution < 1.29 is 4.74 Å². The molecule has 0 saturated heterocycles. The molecule has 3 aromatic rings. The van der Waals surface area contributed by atoms with Crippen molar-refractivity contribution in [1.82, 2.24) is 9.97 Å². The Morgan fingerprint density at radius 1 is 1.19 bits per heavy atom. The molecular weight excluding hydrogens is 330 g/mol. The van der Waals surface area contributed by atoms with Gasteiger partial charge in [0, 0.05) is 24.0 Å². The summed E-state index contributed by atoms with van der Waals surface area (Å²) in [4.78, 5) is 8.52. The maximum Gasteiger partial charge on any atom is 0.322 e. The molecule has 0 unspecified atom stereocenters. The Kier molecular flexibility index (Phi) is 3.86. The van der Waals surface area contributed by atoms with Crippen molar-refractivity contribution in [2.24, 2.45) is 5.73 Å². The molecule has 0 radical (unpaired) electrons. The second kappa shape index (κ2) is 5.79. The first-order valence-electron chi connectivity index (χ1n) is 6.56. The van der Waals surface area contributed by atoms with Gasteiger partial charge < -0.3 is 10.5 Å². The summed E-state index contributed by atoms with van der Waals surface area (Å²) in [5, 5.41) is 2.23. The average molecular weight is 344 g/mol. The van der Waals surface area contributed by atoms with Crippen LogP contribution in [0.1, 0.15) is 11.3 Å². The second-order valence-corrected chi connectivity index (χ2v) is 5.46. The molecule has 5 heteroatoms. The van der Waals surface area contributed by atoms with E-state index in [1.165, 1.54) is 0 Å². The smallest absolute Gasteiger partial charge is 0.322 e. The summed E-state index contributed by atoms with van der Waals surface area (Å²) in [7, 11) is 0. The van der Waals surface area contributed by atoms with Crippen molar-refractivity contribution in [3.63, 3.8) is 0 Å². The number of nitrogens with two attached hydrogens (primary N) is 1. The van der Waals surface area contributed by atoms with E-state index in [4.69, 9.17) is 10.5 Å². The predicted octanol–water partition coefficient (Wildman–Crippen LogP) is 3.95. The molecule has 1 heterocycles. The van der Waals surface area contributed by atoms with Crippen LogP contribution in [-0.2, 0) is 6.54 Å². The summed E-state index contributed by atoms with van der Waals surface area (Å²) in [5.74, 6) is 0.689. The lowest BCUT2D eigenvalue weighted by atomic mass is 10.1. The molecule has 0 amide bonds. The van der Waals surface area contributed by atoms with Gasteiger partial charge in [0.25, 0.3) is 0 Å². The minimum Gasteiger partial charge on any atom is -0.423 e. The molecule has 0 spiro atoms. The van der Waals surface area contributed by atoms with Crippen LogP contribution in [0.3, 0.4) is 0 Å². The maximum absolute atomic E-state index is 5.79. The number of aryl methyl sites for hydroxylation is 1. The highest BCUT2D eigenvalue weighted by atomic mass is 79.9. The van der Waals surface area contributed by atoms with Crippen molar-refractivity contribution in [3.8, 4) is 11.8 Å². The van der Waals surface area contributed by atoms with Crippen molar-refractivity contribution in [3.05, 3.63) is 58.3 Å². The highest BCUT2D eigenvalue weighted by Crippen LogP contribution is 2.34. The maximum atomic E-state index is 5.79. The number of hydrogen-bond donors (Lipinski definition) is 1. The lowest BCUT2D eigenvalue weighted by Gasteiger charge is -2.10. The molecule has 4 nitrogen and oxygen atoms in total. The number of benzene rings is 2. The van der Waals surface area contributed by atoms with Crippen molar-refractivity contribution in [2.45, 2.75) is 13.5 Å². The third-order valence-corrected chi connectivity index (χ3v) is 4.13. The third-order valence-electron chi connectivity index (χ3n) is 3.31. The van der Waals surface area contributed by atoms with E-state index in [0.29, 0.717) is 18.3 Å². The molecule has 0 aliphatic carbocycles. The van der Waals surface area contributed by atoms with Crippen LogP contribution < -0.4 is 10.5 Å².